The first kappa shape index (κ1) is 21.2. The standard InChI is InChI=1S/C25H23ClF2N4/c26-19-11-18(20(27)12-21(19)28)25-17(7-9-30-25)22-5-6-23-24(32-22)10-16(14-31-23)4-3-15-2-1-8-29-13-15/h5-7,10-12,14-15,29H,1-4,8-9,13H2. The molecule has 0 amide bonds. The Kier molecular flexibility index (Phi) is 5.98. The number of benzene rings is 1. The van der Waals surface area contributed by atoms with Gasteiger partial charge in [-0.05, 0) is 74.5 Å². The Balaban J connectivity index is 1.41. The zero-order valence-electron chi connectivity index (χ0n) is 17.5. The van der Waals surface area contributed by atoms with Gasteiger partial charge in [0.1, 0.15) is 11.6 Å². The lowest BCUT2D eigenvalue weighted by Crippen LogP contribution is -2.29. The Morgan fingerprint density at radius 2 is 2.00 bits per heavy atom. The molecule has 1 N–H and O–H groups in total. The highest BCUT2D eigenvalue weighted by molar-refractivity contribution is 6.35. The maximum Gasteiger partial charge on any atom is 0.144 e. The highest BCUT2D eigenvalue weighted by Gasteiger charge is 2.22. The van der Waals surface area contributed by atoms with Crippen molar-refractivity contribution < 1.29 is 8.78 Å². The van der Waals surface area contributed by atoms with Crippen molar-refractivity contribution in [3.63, 3.8) is 0 Å². The second kappa shape index (κ2) is 9.04. The van der Waals surface area contributed by atoms with Crippen molar-refractivity contribution in [3.8, 4) is 0 Å². The lowest BCUT2D eigenvalue weighted by Gasteiger charge is -2.22. The van der Waals surface area contributed by atoms with Crippen molar-refractivity contribution in [2.24, 2.45) is 10.9 Å². The molecule has 4 heterocycles. The van der Waals surface area contributed by atoms with E-state index in [-0.39, 0.29) is 10.6 Å². The highest BCUT2D eigenvalue weighted by Crippen LogP contribution is 2.29. The van der Waals surface area contributed by atoms with Gasteiger partial charge in [-0.15, -0.1) is 0 Å². The number of hydrogen-bond acceptors (Lipinski definition) is 4. The summed E-state index contributed by atoms with van der Waals surface area (Å²) >= 11 is 5.90. The first-order valence-corrected chi connectivity index (χ1v) is 11.3. The van der Waals surface area contributed by atoms with Crippen LogP contribution in [0.25, 0.3) is 16.6 Å². The van der Waals surface area contributed by atoms with Crippen LogP contribution in [0, 0.1) is 17.6 Å². The number of aromatic nitrogens is 2. The van der Waals surface area contributed by atoms with Gasteiger partial charge in [-0.1, -0.05) is 17.7 Å². The summed E-state index contributed by atoms with van der Waals surface area (Å²) < 4.78 is 28.1. The van der Waals surface area contributed by atoms with Crippen molar-refractivity contribution >= 4 is 33.9 Å². The number of nitrogens with one attached hydrogen (secondary N) is 1. The van der Waals surface area contributed by atoms with Crippen molar-refractivity contribution in [2.75, 3.05) is 19.6 Å². The molecule has 2 aliphatic rings. The van der Waals surface area contributed by atoms with Gasteiger partial charge in [-0.2, -0.15) is 0 Å². The summed E-state index contributed by atoms with van der Waals surface area (Å²) in [5.41, 5.74) is 4.78. The largest absolute Gasteiger partial charge is 0.316 e. The van der Waals surface area contributed by atoms with Crippen LogP contribution in [0.5, 0.6) is 0 Å². The normalized spacial score (nSPS) is 18.7. The first-order valence-electron chi connectivity index (χ1n) is 10.9. The fraction of sp³-hybridized carbons (Fsp3) is 0.320. The minimum Gasteiger partial charge on any atom is -0.316 e. The van der Waals surface area contributed by atoms with Crippen molar-refractivity contribution in [3.05, 3.63) is 76.1 Å². The summed E-state index contributed by atoms with van der Waals surface area (Å²) in [6.45, 7) is 2.62. The Bertz CT molecular complexity index is 1230. The molecule has 7 heteroatoms. The lowest BCUT2D eigenvalue weighted by atomic mass is 9.93. The molecule has 4 nitrogen and oxygen atoms in total. The number of pyridine rings is 2. The molecule has 1 fully saturated rings. The van der Waals surface area contributed by atoms with E-state index in [1.54, 1.807) is 0 Å². The van der Waals surface area contributed by atoms with Gasteiger partial charge in [-0.25, -0.2) is 13.8 Å². The van der Waals surface area contributed by atoms with Crippen LogP contribution >= 0.6 is 11.6 Å². The number of piperidine rings is 1. The molecule has 2 aromatic heterocycles. The van der Waals surface area contributed by atoms with Gasteiger partial charge in [0.2, 0.25) is 0 Å². The van der Waals surface area contributed by atoms with E-state index in [1.165, 1.54) is 24.5 Å². The van der Waals surface area contributed by atoms with Crippen LogP contribution in [0.1, 0.15) is 36.1 Å². The van der Waals surface area contributed by atoms with Gasteiger partial charge >= 0.3 is 0 Å². The van der Waals surface area contributed by atoms with Gasteiger partial charge in [0.15, 0.2) is 0 Å². The van der Waals surface area contributed by atoms with Crippen LogP contribution in [0.4, 0.5) is 8.78 Å². The monoisotopic (exact) mass is 452 g/mol. The average molecular weight is 453 g/mol. The third-order valence-corrected chi connectivity index (χ3v) is 6.46. The van der Waals surface area contributed by atoms with Gasteiger partial charge in [-0.3, -0.25) is 9.98 Å². The molecule has 1 unspecified atom stereocenters. The summed E-state index contributed by atoms with van der Waals surface area (Å²) in [5, 5.41) is 3.33. The van der Waals surface area contributed by atoms with Crippen LogP contribution in [0.15, 0.2) is 47.6 Å². The summed E-state index contributed by atoms with van der Waals surface area (Å²) in [7, 11) is 0. The molecule has 2 aliphatic heterocycles. The minimum atomic E-state index is -0.788. The van der Waals surface area contributed by atoms with Crippen LogP contribution in [0.2, 0.25) is 5.02 Å². The molecule has 3 aromatic rings. The molecule has 0 saturated carbocycles. The van der Waals surface area contributed by atoms with E-state index in [0.29, 0.717) is 29.4 Å². The van der Waals surface area contributed by atoms with Crippen molar-refractivity contribution in [1.82, 2.24) is 15.3 Å². The summed E-state index contributed by atoms with van der Waals surface area (Å²) in [4.78, 5) is 13.8. The lowest BCUT2D eigenvalue weighted by molar-refractivity contribution is 0.358. The molecule has 0 radical (unpaired) electrons. The Morgan fingerprint density at radius 1 is 1.09 bits per heavy atom. The molecule has 1 aromatic carbocycles. The van der Waals surface area contributed by atoms with Crippen molar-refractivity contribution in [1.29, 1.82) is 0 Å². The predicted octanol–water partition coefficient (Wildman–Crippen LogP) is 5.38. The number of hydrogen-bond donors (Lipinski definition) is 1. The van der Waals surface area contributed by atoms with E-state index in [2.05, 4.69) is 21.4 Å². The fourth-order valence-corrected chi connectivity index (χ4v) is 4.61. The minimum absolute atomic E-state index is 0.135. The molecule has 164 valence electrons. The number of rotatable bonds is 5. The summed E-state index contributed by atoms with van der Waals surface area (Å²) in [5.74, 6) is -0.775. The van der Waals surface area contributed by atoms with Crippen LogP contribution < -0.4 is 5.32 Å². The van der Waals surface area contributed by atoms with E-state index in [1.807, 2.05) is 24.4 Å². The SMILES string of the molecule is Fc1cc(F)c(C2=NCC=C2c2ccc3ncc(CCC4CCCNC4)cc3n2)cc1Cl. The number of aryl methyl sites for hydroxylation is 1. The Hall–Kier alpha value is -2.70. The van der Waals surface area contributed by atoms with Crippen molar-refractivity contribution in [2.45, 2.75) is 25.7 Å². The maximum absolute atomic E-state index is 14.5. The second-order valence-electron chi connectivity index (χ2n) is 8.38. The van der Waals surface area contributed by atoms with E-state index in [0.717, 1.165) is 43.0 Å². The molecular weight excluding hydrogens is 430 g/mol. The molecule has 32 heavy (non-hydrogen) atoms. The van der Waals surface area contributed by atoms with E-state index in [4.69, 9.17) is 16.6 Å². The topological polar surface area (TPSA) is 50.2 Å². The number of aliphatic imine (C=N–C) groups is 1. The number of nitrogens with zero attached hydrogens (tertiary/aromatic N) is 3. The van der Waals surface area contributed by atoms with Gasteiger partial charge in [0, 0.05) is 23.4 Å². The fourth-order valence-electron chi connectivity index (χ4n) is 4.45. The smallest absolute Gasteiger partial charge is 0.144 e. The average Bonchev–Trinajstić information content (AvgIpc) is 3.30. The molecule has 1 saturated heterocycles. The number of allylic oxidation sites excluding steroid dienone is 1. The van der Waals surface area contributed by atoms with Crippen LogP contribution in [-0.4, -0.2) is 35.3 Å². The zero-order chi connectivity index (χ0) is 22.1. The van der Waals surface area contributed by atoms with E-state index >= 15 is 0 Å². The highest BCUT2D eigenvalue weighted by atomic mass is 35.5. The van der Waals surface area contributed by atoms with Gasteiger partial charge < -0.3 is 5.32 Å². The third-order valence-electron chi connectivity index (χ3n) is 6.18. The quantitative estimate of drug-likeness (QED) is 0.529. The van der Waals surface area contributed by atoms with Gasteiger partial charge in [0.05, 0.1) is 34.0 Å². The van der Waals surface area contributed by atoms with Crippen LogP contribution in [-0.2, 0) is 6.42 Å². The zero-order valence-corrected chi connectivity index (χ0v) is 18.3. The second-order valence-corrected chi connectivity index (χ2v) is 8.79. The number of fused-ring (bicyclic) bond motifs is 1. The molecule has 1 atom stereocenters. The molecule has 0 spiro atoms. The summed E-state index contributed by atoms with van der Waals surface area (Å²) in [6, 6.07) is 7.94. The Morgan fingerprint density at radius 3 is 2.84 bits per heavy atom. The summed E-state index contributed by atoms with van der Waals surface area (Å²) in [6.07, 6.45) is 8.44. The first-order chi connectivity index (χ1) is 15.6. The van der Waals surface area contributed by atoms with E-state index < -0.39 is 11.6 Å². The van der Waals surface area contributed by atoms with Crippen LogP contribution in [0.3, 0.4) is 0 Å². The maximum atomic E-state index is 14.5. The third kappa shape index (κ3) is 4.30. The molecule has 0 aliphatic carbocycles. The predicted molar refractivity (Wildman–Crippen MR) is 124 cm³/mol. The number of halogens is 3. The Labute approximate surface area is 190 Å². The molecule has 0 bridgehead atoms. The van der Waals surface area contributed by atoms with Gasteiger partial charge in [0.25, 0.3) is 0 Å². The molecule has 5 rings (SSSR count). The van der Waals surface area contributed by atoms with E-state index in [9.17, 15) is 8.78 Å². The molecular formula is C25H23ClF2N4.